The van der Waals surface area contributed by atoms with E-state index in [4.69, 9.17) is 11.5 Å². The molecule has 5 N–H and O–H groups in total. The van der Waals surface area contributed by atoms with E-state index in [1.807, 2.05) is 4.90 Å². The Morgan fingerprint density at radius 1 is 0.930 bits per heavy atom. The summed E-state index contributed by atoms with van der Waals surface area (Å²) < 4.78 is 41.9. The molecule has 43 heavy (non-hydrogen) atoms. The number of likely N-dealkylation sites (N-methyl/N-ethyl adjacent to an activating group) is 1. The molecule has 1 saturated carbocycles. The van der Waals surface area contributed by atoms with Crippen LogP contribution in [0.5, 0.6) is 0 Å². The fraction of sp³-hybridized carbons (Fsp3) is 0.344. The number of anilines is 2. The predicted octanol–water partition coefficient (Wildman–Crippen LogP) is 4.99. The Morgan fingerprint density at radius 2 is 1.58 bits per heavy atom. The number of nitrogens with zero attached hydrogens (tertiary/aromatic N) is 3. The number of aliphatic imine (C=N–C) groups is 1. The number of rotatable bonds is 8. The lowest BCUT2D eigenvalue weighted by molar-refractivity contribution is -0.138. The number of alkyl halides is 3. The van der Waals surface area contributed by atoms with E-state index in [1.54, 1.807) is 42.5 Å². The summed E-state index contributed by atoms with van der Waals surface area (Å²) in [6.45, 7) is 6.27. The Kier molecular flexibility index (Phi) is 8.84. The van der Waals surface area contributed by atoms with E-state index in [2.05, 4.69) is 22.1 Å². The average molecular weight is 593 g/mol. The summed E-state index contributed by atoms with van der Waals surface area (Å²) in [6.07, 6.45) is -2.89. The molecular formula is C32H35F3N6O2. The van der Waals surface area contributed by atoms with Gasteiger partial charge in [0.15, 0.2) is 0 Å². The Bertz CT molecular complexity index is 1530. The molecule has 2 aliphatic rings. The number of nitrogens with one attached hydrogen (secondary N) is 1. The van der Waals surface area contributed by atoms with Gasteiger partial charge in [0, 0.05) is 61.1 Å². The lowest BCUT2D eigenvalue weighted by atomic mass is 10.0. The summed E-state index contributed by atoms with van der Waals surface area (Å²) in [5, 5.41) is 2.60. The first kappa shape index (κ1) is 30.2. The molecule has 0 radical (unpaired) electrons. The first-order valence-corrected chi connectivity index (χ1v) is 14.4. The van der Waals surface area contributed by atoms with E-state index in [0.29, 0.717) is 24.3 Å². The number of amides is 2. The van der Waals surface area contributed by atoms with Crippen LogP contribution in [0.2, 0.25) is 0 Å². The monoisotopic (exact) mass is 592 g/mol. The van der Waals surface area contributed by atoms with Crippen molar-refractivity contribution in [2.45, 2.75) is 32.5 Å². The molecule has 3 aromatic rings. The Labute approximate surface area is 248 Å². The van der Waals surface area contributed by atoms with Crippen LogP contribution in [0.4, 0.5) is 24.5 Å². The molecule has 0 bridgehead atoms. The molecule has 1 heterocycles. The summed E-state index contributed by atoms with van der Waals surface area (Å²) in [7, 11) is 0. The van der Waals surface area contributed by atoms with Gasteiger partial charge in [0.25, 0.3) is 11.8 Å². The second-order valence-electron chi connectivity index (χ2n) is 11.0. The highest BCUT2D eigenvalue weighted by atomic mass is 19.4. The van der Waals surface area contributed by atoms with E-state index in [1.165, 1.54) is 12.1 Å². The quantitative estimate of drug-likeness (QED) is 0.193. The molecule has 226 valence electrons. The third-order valence-electron chi connectivity index (χ3n) is 7.94. The molecule has 2 fully saturated rings. The highest BCUT2D eigenvalue weighted by molar-refractivity contribution is 6.08. The third-order valence-corrected chi connectivity index (χ3v) is 7.94. The van der Waals surface area contributed by atoms with Crippen molar-refractivity contribution in [3.8, 4) is 11.1 Å². The van der Waals surface area contributed by atoms with Crippen molar-refractivity contribution in [3.05, 3.63) is 82.9 Å². The van der Waals surface area contributed by atoms with Gasteiger partial charge in [0.2, 0.25) is 0 Å². The Hall–Kier alpha value is -4.22. The molecule has 2 amide bonds. The summed E-state index contributed by atoms with van der Waals surface area (Å²) in [5.74, 6) is -0.731. The summed E-state index contributed by atoms with van der Waals surface area (Å²) in [5.41, 5.74) is 14.3. The van der Waals surface area contributed by atoms with Gasteiger partial charge in [0.1, 0.15) is 5.84 Å². The van der Waals surface area contributed by atoms with Gasteiger partial charge in [-0.05, 0) is 72.5 Å². The fourth-order valence-electron chi connectivity index (χ4n) is 5.15. The zero-order chi connectivity index (χ0) is 30.7. The van der Waals surface area contributed by atoms with Gasteiger partial charge >= 0.3 is 6.18 Å². The van der Waals surface area contributed by atoms with Crippen LogP contribution in [0.25, 0.3) is 11.1 Å². The second kappa shape index (κ2) is 12.6. The topological polar surface area (TPSA) is 117 Å². The van der Waals surface area contributed by atoms with E-state index >= 15 is 0 Å². The van der Waals surface area contributed by atoms with Crippen LogP contribution in [0, 0.1) is 5.92 Å². The number of amidine groups is 1. The number of benzene rings is 3. The van der Waals surface area contributed by atoms with Crippen LogP contribution in [0.1, 0.15) is 46.8 Å². The van der Waals surface area contributed by atoms with Gasteiger partial charge < -0.3 is 21.7 Å². The van der Waals surface area contributed by atoms with Gasteiger partial charge in [-0.3, -0.25) is 14.5 Å². The molecule has 0 spiro atoms. The molecule has 1 aliphatic heterocycles. The summed E-state index contributed by atoms with van der Waals surface area (Å²) in [6, 6.07) is 15.8. The Balaban J connectivity index is 1.26. The van der Waals surface area contributed by atoms with Crippen molar-refractivity contribution in [1.29, 1.82) is 0 Å². The van der Waals surface area contributed by atoms with Crippen LogP contribution < -0.4 is 16.8 Å². The standard InChI is InChI=1S/C32H35F3N6O2/c1-2-40-13-15-41(16-14-40)19-24-9-11-25(18-27(24)32(33,34)35)38-30(42)21-5-3-20(4-6-21)23-10-12-26(28(36)17-23)29(37)39-31(43)22-7-8-22/h3-6,9-12,17-18,22H,2,7-8,13-16,19,36H2,1H3,(H,38,42)(H2,37,39,43). The smallest absolute Gasteiger partial charge is 0.398 e. The lowest BCUT2D eigenvalue weighted by Gasteiger charge is -2.34. The van der Waals surface area contributed by atoms with Crippen LogP contribution in [-0.4, -0.2) is 60.2 Å². The number of carbonyl (C=O) groups is 2. The van der Waals surface area contributed by atoms with E-state index < -0.39 is 17.6 Å². The lowest BCUT2D eigenvalue weighted by Crippen LogP contribution is -2.45. The molecule has 1 aliphatic carbocycles. The van der Waals surface area contributed by atoms with Crippen LogP contribution in [0.3, 0.4) is 0 Å². The molecule has 0 unspecified atom stereocenters. The number of halogens is 3. The second-order valence-corrected chi connectivity index (χ2v) is 11.0. The number of piperazine rings is 1. The molecule has 0 aromatic heterocycles. The molecule has 3 aromatic carbocycles. The first-order chi connectivity index (χ1) is 20.5. The third kappa shape index (κ3) is 7.41. The van der Waals surface area contributed by atoms with Crippen molar-refractivity contribution >= 4 is 29.0 Å². The fourth-order valence-corrected chi connectivity index (χ4v) is 5.15. The molecule has 0 atom stereocenters. The van der Waals surface area contributed by atoms with Crippen LogP contribution >= 0.6 is 0 Å². The van der Waals surface area contributed by atoms with Gasteiger partial charge in [-0.15, -0.1) is 0 Å². The number of hydrogen-bond donors (Lipinski definition) is 3. The van der Waals surface area contributed by atoms with E-state index in [9.17, 15) is 22.8 Å². The van der Waals surface area contributed by atoms with E-state index in [-0.39, 0.29) is 41.0 Å². The minimum atomic E-state index is -4.55. The van der Waals surface area contributed by atoms with E-state index in [0.717, 1.165) is 49.7 Å². The summed E-state index contributed by atoms with van der Waals surface area (Å²) >= 11 is 0. The van der Waals surface area contributed by atoms with Gasteiger partial charge in [-0.2, -0.15) is 18.2 Å². The summed E-state index contributed by atoms with van der Waals surface area (Å²) in [4.78, 5) is 33.1. The maximum absolute atomic E-state index is 14.0. The molecule has 5 rings (SSSR count). The van der Waals surface area contributed by atoms with Crippen LogP contribution in [-0.2, 0) is 17.5 Å². The van der Waals surface area contributed by atoms with Crippen molar-refractivity contribution in [3.63, 3.8) is 0 Å². The van der Waals surface area contributed by atoms with Gasteiger partial charge in [-0.1, -0.05) is 31.2 Å². The van der Waals surface area contributed by atoms with Gasteiger partial charge in [-0.25, -0.2) is 0 Å². The maximum Gasteiger partial charge on any atom is 0.416 e. The molecular weight excluding hydrogens is 557 g/mol. The molecule has 1 saturated heterocycles. The Morgan fingerprint density at radius 3 is 2.19 bits per heavy atom. The van der Waals surface area contributed by atoms with Crippen LogP contribution in [0.15, 0.2) is 65.7 Å². The van der Waals surface area contributed by atoms with Crippen molar-refractivity contribution in [2.75, 3.05) is 43.8 Å². The minimum absolute atomic E-state index is 0.0437. The molecule has 8 nitrogen and oxygen atoms in total. The molecule has 11 heteroatoms. The number of nitrogen functional groups attached to an aromatic ring is 1. The highest BCUT2D eigenvalue weighted by Crippen LogP contribution is 2.35. The number of carbonyl (C=O) groups excluding carboxylic acids is 2. The SMILES string of the molecule is CCN1CCN(Cc2ccc(NC(=O)c3ccc(-c4ccc(C(N)=NC(=O)C5CC5)c(N)c4)cc3)cc2C(F)(F)F)CC1. The zero-order valence-electron chi connectivity index (χ0n) is 24.0. The number of nitrogens with two attached hydrogens (primary N) is 2. The highest BCUT2D eigenvalue weighted by Gasteiger charge is 2.34. The first-order valence-electron chi connectivity index (χ1n) is 14.4. The van der Waals surface area contributed by atoms with Crippen molar-refractivity contribution in [1.82, 2.24) is 9.80 Å². The van der Waals surface area contributed by atoms with Crippen molar-refractivity contribution in [2.24, 2.45) is 16.6 Å². The number of hydrogen-bond acceptors (Lipinski definition) is 5. The van der Waals surface area contributed by atoms with Gasteiger partial charge in [0.05, 0.1) is 5.56 Å². The minimum Gasteiger partial charge on any atom is -0.398 e. The zero-order valence-corrected chi connectivity index (χ0v) is 24.0. The maximum atomic E-state index is 14.0. The predicted molar refractivity (Wildman–Crippen MR) is 162 cm³/mol. The van der Waals surface area contributed by atoms with Crippen molar-refractivity contribution < 1.29 is 22.8 Å². The average Bonchev–Trinajstić information content (AvgIpc) is 3.84. The normalized spacial score (nSPS) is 16.7. The largest absolute Gasteiger partial charge is 0.416 e.